The molecule has 0 aliphatic carbocycles. The summed E-state index contributed by atoms with van der Waals surface area (Å²) in [5.41, 5.74) is 0.775. The van der Waals surface area contributed by atoms with E-state index in [4.69, 9.17) is 9.47 Å². The Bertz CT molecular complexity index is 486. The molecular weight excluding hydrogens is 262 g/mol. The molecule has 0 unspecified atom stereocenters. The van der Waals surface area contributed by atoms with Crippen LogP contribution in [0.15, 0.2) is 18.2 Å². The van der Waals surface area contributed by atoms with Gasteiger partial charge in [0.25, 0.3) is 0 Å². The van der Waals surface area contributed by atoms with Crippen molar-refractivity contribution < 1.29 is 23.8 Å². The lowest BCUT2D eigenvalue weighted by atomic mass is 10.0. The SMILES string of the molecule is COC(=O)[C@H](Cc1ccc(OC)cc1OC)NC(C)=O. The summed E-state index contributed by atoms with van der Waals surface area (Å²) in [5, 5.41) is 2.56. The number of methoxy groups -OCH3 is 3. The molecule has 0 radical (unpaired) electrons. The first-order valence-corrected chi connectivity index (χ1v) is 6.07. The molecule has 1 aromatic rings. The number of rotatable bonds is 6. The van der Waals surface area contributed by atoms with Gasteiger partial charge < -0.3 is 19.5 Å². The molecule has 1 rings (SSSR count). The van der Waals surface area contributed by atoms with Gasteiger partial charge >= 0.3 is 5.97 Å². The summed E-state index contributed by atoms with van der Waals surface area (Å²) in [4.78, 5) is 22.8. The Morgan fingerprint density at radius 3 is 2.40 bits per heavy atom. The zero-order chi connectivity index (χ0) is 15.1. The quantitative estimate of drug-likeness (QED) is 0.785. The first-order chi connectivity index (χ1) is 9.51. The normalized spacial score (nSPS) is 11.4. The molecule has 0 saturated carbocycles. The van der Waals surface area contributed by atoms with Crippen LogP contribution < -0.4 is 14.8 Å². The third kappa shape index (κ3) is 4.15. The number of nitrogens with one attached hydrogen (secondary N) is 1. The minimum Gasteiger partial charge on any atom is -0.497 e. The topological polar surface area (TPSA) is 73.9 Å². The van der Waals surface area contributed by atoms with Crippen LogP contribution in [0.1, 0.15) is 12.5 Å². The molecule has 110 valence electrons. The largest absolute Gasteiger partial charge is 0.497 e. The highest BCUT2D eigenvalue weighted by Crippen LogP contribution is 2.25. The summed E-state index contributed by atoms with van der Waals surface area (Å²) in [6.45, 7) is 1.35. The van der Waals surface area contributed by atoms with Crippen molar-refractivity contribution in [3.63, 3.8) is 0 Å². The Kier molecular flexibility index (Phi) is 5.83. The van der Waals surface area contributed by atoms with Crippen LogP contribution >= 0.6 is 0 Å². The third-order valence-corrected chi connectivity index (χ3v) is 2.78. The maximum absolute atomic E-state index is 11.7. The number of carbonyl (C=O) groups is 2. The summed E-state index contributed by atoms with van der Waals surface area (Å²) < 4.78 is 15.1. The van der Waals surface area contributed by atoms with Crippen LogP contribution in [0.25, 0.3) is 0 Å². The first kappa shape index (κ1) is 15.8. The minimum absolute atomic E-state index is 0.277. The molecule has 0 aromatic heterocycles. The van der Waals surface area contributed by atoms with Crippen LogP contribution in [-0.4, -0.2) is 39.2 Å². The number of ether oxygens (including phenoxy) is 3. The van der Waals surface area contributed by atoms with E-state index in [0.717, 1.165) is 5.56 Å². The van der Waals surface area contributed by atoms with Crippen LogP contribution in [-0.2, 0) is 20.7 Å². The minimum atomic E-state index is -0.750. The molecule has 1 amide bonds. The van der Waals surface area contributed by atoms with Gasteiger partial charge in [0.15, 0.2) is 0 Å². The number of hydrogen-bond donors (Lipinski definition) is 1. The number of esters is 1. The zero-order valence-corrected chi connectivity index (χ0v) is 12.1. The van der Waals surface area contributed by atoms with Crippen LogP contribution in [0.2, 0.25) is 0 Å². The van der Waals surface area contributed by atoms with E-state index in [0.29, 0.717) is 11.5 Å². The summed E-state index contributed by atoms with van der Waals surface area (Å²) in [6.07, 6.45) is 0.277. The average molecular weight is 281 g/mol. The van der Waals surface area contributed by atoms with Crippen molar-refractivity contribution >= 4 is 11.9 Å². The van der Waals surface area contributed by atoms with E-state index in [1.807, 2.05) is 0 Å². The van der Waals surface area contributed by atoms with Crippen LogP contribution in [0, 0.1) is 0 Å². The molecule has 6 nitrogen and oxygen atoms in total. The second kappa shape index (κ2) is 7.37. The monoisotopic (exact) mass is 281 g/mol. The first-order valence-electron chi connectivity index (χ1n) is 6.07. The van der Waals surface area contributed by atoms with Gasteiger partial charge in [0.05, 0.1) is 21.3 Å². The van der Waals surface area contributed by atoms with Crippen LogP contribution in [0.4, 0.5) is 0 Å². The summed E-state index contributed by atoms with van der Waals surface area (Å²) in [6, 6.07) is 4.52. The van der Waals surface area contributed by atoms with Crippen molar-refractivity contribution in [2.24, 2.45) is 0 Å². The molecule has 1 atom stereocenters. The molecule has 6 heteroatoms. The standard InChI is InChI=1S/C14H19NO5/c1-9(16)15-12(14(17)20-4)7-10-5-6-11(18-2)8-13(10)19-3/h5-6,8,12H,7H2,1-4H3,(H,15,16)/t12-/m0/s1. The highest BCUT2D eigenvalue weighted by atomic mass is 16.5. The molecule has 0 aliphatic heterocycles. The van der Waals surface area contributed by atoms with Crippen molar-refractivity contribution in [2.45, 2.75) is 19.4 Å². The van der Waals surface area contributed by atoms with Gasteiger partial charge in [-0.1, -0.05) is 6.07 Å². The van der Waals surface area contributed by atoms with Crippen molar-refractivity contribution in [1.29, 1.82) is 0 Å². The lowest BCUT2D eigenvalue weighted by Gasteiger charge is -2.17. The van der Waals surface area contributed by atoms with Gasteiger partial charge in [-0.15, -0.1) is 0 Å². The molecule has 0 saturated heterocycles. The van der Waals surface area contributed by atoms with E-state index < -0.39 is 12.0 Å². The molecular formula is C14H19NO5. The second-order valence-corrected chi connectivity index (χ2v) is 4.16. The van der Waals surface area contributed by atoms with Gasteiger partial charge in [0, 0.05) is 19.4 Å². The molecule has 0 heterocycles. The van der Waals surface area contributed by atoms with E-state index in [2.05, 4.69) is 10.1 Å². The summed E-state index contributed by atoms with van der Waals surface area (Å²) in [7, 11) is 4.37. The van der Waals surface area contributed by atoms with E-state index in [1.54, 1.807) is 25.3 Å². The number of hydrogen-bond acceptors (Lipinski definition) is 5. The highest BCUT2D eigenvalue weighted by molar-refractivity contribution is 5.83. The fourth-order valence-electron chi connectivity index (χ4n) is 1.82. The molecule has 0 fully saturated rings. The predicted octanol–water partition coefficient (Wildman–Crippen LogP) is 0.924. The molecule has 1 aromatic carbocycles. The molecule has 1 N–H and O–H groups in total. The molecule has 0 aliphatic rings. The Balaban J connectivity index is 2.97. The molecule has 0 spiro atoms. The lowest BCUT2D eigenvalue weighted by Crippen LogP contribution is -2.42. The van der Waals surface area contributed by atoms with Gasteiger partial charge in [-0.25, -0.2) is 4.79 Å². The van der Waals surface area contributed by atoms with Crippen molar-refractivity contribution in [2.75, 3.05) is 21.3 Å². The fourth-order valence-corrected chi connectivity index (χ4v) is 1.82. The zero-order valence-electron chi connectivity index (χ0n) is 12.1. The van der Waals surface area contributed by atoms with E-state index >= 15 is 0 Å². The van der Waals surface area contributed by atoms with Gasteiger partial charge in [-0.3, -0.25) is 4.79 Å². The van der Waals surface area contributed by atoms with Crippen LogP contribution in [0.5, 0.6) is 11.5 Å². The number of benzene rings is 1. The van der Waals surface area contributed by atoms with E-state index in [1.165, 1.54) is 21.1 Å². The Hall–Kier alpha value is -2.24. The van der Waals surface area contributed by atoms with E-state index in [-0.39, 0.29) is 12.3 Å². The summed E-state index contributed by atoms with van der Waals surface area (Å²) >= 11 is 0. The van der Waals surface area contributed by atoms with Crippen molar-refractivity contribution in [1.82, 2.24) is 5.32 Å². The maximum atomic E-state index is 11.7. The van der Waals surface area contributed by atoms with Gasteiger partial charge in [-0.2, -0.15) is 0 Å². The summed E-state index contributed by atoms with van der Waals surface area (Å²) in [5.74, 6) is 0.439. The predicted molar refractivity (Wildman–Crippen MR) is 72.9 cm³/mol. The second-order valence-electron chi connectivity index (χ2n) is 4.16. The Morgan fingerprint density at radius 2 is 1.90 bits per heavy atom. The molecule has 0 bridgehead atoms. The smallest absolute Gasteiger partial charge is 0.328 e. The fraction of sp³-hybridized carbons (Fsp3) is 0.429. The van der Waals surface area contributed by atoms with E-state index in [9.17, 15) is 9.59 Å². The number of amides is 1. The van der Waals surface area contributed by atoms with Gasteiger partial charge in [-0.05, 0) is 11.6 Å². The van der Waals surface area contributed by atoms with Gasteiger partial charge in [0.2, 0.25) is 5.91 Å². The maximum Gasteiger partial charge on any atom is 0.328 e. The highest BCUT2D eigenvalue weighted by Gasteiger charge is 2.22. The lowest BCUT2D eigenvalue weighted by molar-refractivity contribution is -0.144. The van der Waals surface area contributed by atoms with Crippen LogP contribution in [0.3, 0.4) is 0 Å². The Labute approximate surface area is 118 Å². The third-order valence-electron chi connectivity index (χ3n) is 2.78. The van der Waals surface area contributed by atoms with Gasteiger partial charge in [0.1, 0.15) is 17.5 Å². The molecule has 20 heavy (non-hydrogen) atoms. The number of carbonyl (C=O) groups excluding carboxylic acids is 2. The average Bonchev–Trinajstić information content (AvgIpc) is 2.45. The van der Waals surface area contributed by atoms with Crippen molar-refractivity contribution in [3.8, 4) is 11.5 Å². The van der Waals surface area contributed by atoms with Crippen molar-refractivity contribution in [3.05, 3.63) is 23.8 Å². The Morgan fingerprint density at radius 1 is 1.20 bits per heavy atom.